The van der Waals surface area contributed by atoms with Gasteiger partial charge in [0.15, 0.2) is 0 Å². The van der Waals surface area contributed by atoms with Crippen molar-refractivity contribution >= 4 is 5.91 Å². The molecule has 0 bridgehead atoms. The van der Waals surface area contributed by atoms with Gasteiger partial charge in [0.1, 0.15) is 5.75 Å². The average molecular weight is 301 g/mol. The topological polar surface area (TPSA) is 77.2 Å². The standard InChI is InChI=1S/C16H19N3O3/c1-11-18-16(19-22-11)13-3-2-4-14(9-13)21-10-12-5-6-15(20)17-8-7-12/h2-4,9,12H,5-8,10H2,1H3,(H,17,20)/t12-/m0/s1. The molecule has 1 saturated heterocycles. The molecule has 0 unspecified atom stereocenters. The molecule has 1 N–H and O–H groups in total. The molecule has 22 heavy (non-hydrogen) atoms. The Morgan fingerprint density at radius 3 is 3.14 bits per heavy atom. The molecule has 6 nitrogen and oxygen atoms in total. The smallest absolute Gasteiger partial charge is 0.223 e. The number of rotatable bonds is 4. The van der Waals surface area contributed by atoms with Gasteiger partial charge in [-0.25, -0.2) is 0 Å². The van der Waals surface area contributed by atoms with Crippen LogP contribution in [0.15, 0.2) is 28.8 Å². The van der Waals surface area contributed by atoms with E-state index in [1.54, 1.807) is 6.92 Å². The summed E-state index contributed by atoms with van der Waals surface area (Å²) < 4.78 is 10.9. The minimum absolute atomic E-state index is 0.136. The maximum atomic E-state index is 11.3. The summed E-state index contributed by atoms with van der Waals surface area (Å²) >= 11 is 0. The molecule has 1 atom stereocenters. The van der Waals surface area contributed by atoms with Crippen LogP contribution in [0.1, 0.15) is 25.2 Å². The fraction of sp³-hybridized carbons (Fsp3) is 0.438. The maximum Gasteiger partial charge on any atom is 0.223 e. The van der Waals surface area contributed by atoms with Crippen LogP contribution in [0.2, 0.25) is 0 Å². The molecule has 0 radical (unpaired) electrons. The number of nitrogens with one attached hydrogen (secondary N) is 1. The molecule has 2 heterocycles. The van der Waals surface area contributed by atoms with Crippen molar-refractivity contribution in [2.75, 3.05) is 13.2 Å². The summed E-state index contributed by atoms with van der Waals surface area (Å²) in [5, 5.41) is 6.79. The summed E-state index contributed by atoms with van der Waals surface area (Å²) in [5.74, 6) is 2.42. The van der Waals surface area contributed by atoms with E-state index in [4.69, 9.17) is 9.26 Å². The Labute approximate surface area is 128 Å². The molecule has 1 aromatic heterocycles. The lowest BCUT2D eigenvalue weighted by Crippen LogP contribution is -2.21. The Morgan fingerprint density at radius 2 is 2.32 bits per heavy atom. The summed E-state index contributed by atoms with van der Waals surface area (Å²) in [6.45, 7) is 3.11. The van der Waals surface area contributed by atoms with Crippen molar-refractivity contribution in [1.29, 1.82) is 0 Å². The molecular weight excluding hydrogens is 282 g/mol. The van der Waals surface area contributed by atoms with Gasteiger partial charge < -0.3 is 14.6 Å². The lowest BCUT2D eigenvalue weighted by molar-refractivity contribution is -0.120. The highest BCUT2D eigenvalue weighted by molar-refractivity contribution is 5.76. The number of carbonyl (C=O) groups excluding carboxylic acids is 1. The van der Waals surface area contributed by atoms with Crippen LogP contribution in [-0.2, 0) is 4.79 Å². The van der Waals surface area contributed by atoms with E-state index < -0.39 is 0 Å². The fourth-order valence-electron chi connectivity index (χ4n) is 2.51. The quantitative estimate of drug-likeness (QED) is 0.938. The van der Waals surface area contributed by atoms with E-state index in [1.165, 1.54) is 0 Å². The lowest BCUT2D eigenvalue weighted by Gasteiger charge is -2.14. The summed E-state index contributed by atoms with van der Waals surface area (Å²) in [6, 6.07) is 7.65. The normalized spacial score (nSPS) is 18.6. The van der Waals surface area contributed by atoms with Crippen molar-refractivity contribution in [2.45, 2.75) is 26.2 Å². The molecule has 0 aliphatic carbocycles. The van der Waals surface area contributed by atoms with Crippen molar-refractivity contribution < 1.29 is 14.1 Å². The first-order valence-corrected chi connectivity index (χ1v) is 7.51. The third kappa shape index (κ3) is 3.63. The van der Waals surface area contributed by atoms with Crippen LogP contribution < -0.4 is 10.1 Å². The fourth-order valence-corrected chi connectivity index (χ4v) is 2.51. The van der Waals surface area contributed by atoms with E-state index in [9.17, 15) is 4.79 Å². The molecule has 1 aliphatic rings. The van der Waals surface area contributed by atoms with E-state index in [-0.39, 0.29) is 5.91 Å². The second-order valence-corrected chi connectivity index (χ2v) is 5.52. The summed E-state index contributed by atoms with van der Waals surface area (Å²) in [6.07, 6.45) is 2.40. The van der Waals surface area contributed by atoms with Gasteiger partial charge in [-0.3, -0.25) is 4.79 Å². The SMILES string of the molecule is Cc1nc(-c2cccc(OC[C@@H]3CCNC(=O)CC3)c2)no1. The Kier molecular flexibility index (Phi) is 4.37. The van der Waals surface area contributed by atoms with Crippen molar-refractivity contribution in [1.82, 2.24) is 15.5 Å². The van der Waals surface area contributed by atoms with E-state index in [2.05, 4.69) is 15.5 Å². The van der Waals surface area contributed by atoms with E-state index in [0.717, 1.165) is 30.7 Å². The molecule has 1 fully saturated rings. The maximum absolute atomic E-state index is 11.3. The highest BCUT2D eigenvalue weighted by atomic mass is 16.5. The molecule has 2 aromatic rings. The van der Waals surface area contributed by atoms with Crippen LogP contribution in [0, 0.1) is 12.8 Å². The molecule has 1 amide bonds. The summed E-state index contributed by atoms with van der Waals surface area (Å²) in [4.78, 5) is 15.5. The van der Waals surface area contributed by atoms with E-state index >= 15 is 0 Å². The third-order valence-electron chi connectivity index (χ3n) is 3.76. The van der Waals surface area contributed by atoms with Crippen molar-refractivity contribution in [2.24, 2.45) is 5.92 Å². The molecule has 3 rings (SSSR count). The predicted molar refractivity (Wildman–Crippen MR) is 80.3 cm³/mol. The summed E-state index contributed by atoms with van der Waals surface area (Å²) in [7, 11) is 0. The molecule has 0 saturated carbocycles. The zero-order valence-corrected chi connectivity index (χ0v) is 12.5. The number of aryl methyl sites for hydroxylation is 1. The molecule has 0 spiro atoms. The predicted octanol–water partition coefficient (Wildman–Crippen LogP) is 2.34. The van der Waals surface area contributed by atoms with Crippen LogP contribution >= 0.6 is 0 Å². The number of benzene rings is 1. The molecule has 1 aliphatic heterocycles. The minimum atomic E-state index is 0.136. The van der Waals surface area contributed by atoms with Crippen molar-refractivity contribution in [3.05, 3.63) is 30.2 Å². The monoisotopic (exact) mass is 301 g/mol. The van der Waals surface area contributed by atoms with Crippen LogP contribution in [0.4, 0.5) is 0 Å². The minimum Gasteiger partial charge on any atom is -0.493 e. The van der Waals surface area contributed by atoms with E-state index in [1.807, 2.05) is 24.3 Å². The van der Waals surface area contributed by atoms with Crippen molar-refractivity contribution in [3.63, 3.8) is 0 Å². The lowest BCUT2D eigenvalue weighted by atomic mass is 10.0. The number of amides is 1. The van der Waals surface area contributed by atoms with Gasteiger partial charge in [0.25, 0.3) is 0 Å². The Balaban J connectivity index is 1.62. The average Bonchev–Trinajstić information content (AvgIpc) is 2.85. The number of hydrogen-bond acceptors (Lipinski definition) is 5. The number of aromatic nitrogens is 2. The van der Waals surface area contributed by atoms with Gasteiger partial charge in [-0.15, -0.1) is 0 Å². The zero-order chi connectivity index (χ0) is 15.4. The first kappa shape index (κ1) is 14.6. The Bertz CT molecular complexity index is 654. The van der Waals surface area contributed by atoms with Gasteiger partial charge >= 0.3 is 0 Å². The van der Waals surface area contributed by atoms with Crippen LogP contribution in [-0.4, -0.2) is 29.2 Å². The van der Waals surface area contributed by atoms with Gasteiger partial charge in [0.05, 0.1) is 6.61 Å². The van der Waals surface area contributed by atoms with E-state index in [0.29, 0.717) is 30.7 Å². The van der Waals surface area contributed by atoms with Crippen LogP contribution in [0.25, 0.3) is 11.4 Å². The number of ether oxygens (including phenoxy) is 1. The van der Waals surface area contributed by atoms with Crippen LogP contribution in [0.5, 0.6) is 5.75 Å². The second-order valence-electron chi connectivity index (χ2n) is 5.52. The van der Waals surface area contributed by atoms with Crippen LogP contribution in [0.3, 0.4) is 0 Å². The highest BCUT2D eigenvalue weighted by Crippen LogP contribution is 2.23. The third-order valence-corrected chi connectivity index (χ3v) is 3.76. The zero-order valence-electron chi connectivity index (χ0n) is 12.5. The van der Waals surface area contributed by atoms with Gasteiger partial charge in [0, 0.05) is 25.5 Å². The molecule has 1 aromatic carbocycles. The van der Waals surface area contributed by atoms with Gasteiger partial charge in [-0.1, -0.05) is 17.3 Å². The Morgan fingerprint density at radius 1 is 1.41 bits per heavy atom. The summed E-state index contributed by atoms with van der Waals surface area (Å²) in [5.41, 5.74) is 0.868. The van der Waals surface area contributed by atoms with Gasteiger partial charge in [-0.2, -0.15) is 4.98 Å². The highest BCUT2D eigenvalue weighted by Gasteiger charge is 2.16. The second kappa shape index (κ2) is 6.60. The molecule has 6 heteroatoms. The van der Waals surface area contributed by atoms with Gasteiger partial charge in [-0.05, 0) is 30.9 Å². The molecule has 116 valence electrons. The molecular formula is C16H19N3O3. The first-order chi connectivity index (χ1) is 10.7. The Hall–Kier alpha value is -2.37. The number of carbonyl (C=O) groups is 1. The number of hydrogen-bond donors (Lipinski definition) is 1. The largest absolute Gasteiger partial charge is 0.493 e. The van der Waals surface area contributed by atoms with Crippen molar-refractivity contribution in [3.8, 4) is 17.1 Å². The first-order valence-electron chi connectivity index (χ1n) is 7.51. The number of nitrogens with zero attached hydrogens (tertiary/aromatic N) is 2. The van der Waals surface area contributed by atoms with Gasteiger partial charge in [0.2, 0.25) is 17.6 Å².